The minimum atomic E-state index is 0.270. The van der Waals surface area contributed by atoms with E-state index in [-0.39, 0.29) is 6.61 Å². The summed E-state index contributed by atoms with van der Waals surface area (Å²) in [6, 6.07) is 8.63. The normalized spacial score (nSPS) is 15.1. The fraction of sp³-hybridized carbons (Fsp3) is 0.538. The molecule has 0 radical (unpaired) electrons. The molecule has 1 aromatic rings. The van der Waals surface area contributed by atoms with E-state index in [0.29, 0.717) is 11.8 Å². The zero-order chi connectivity index (χ0) is 10.6. The highest BCUT2D eigenvalue weighted by Gasteiger charge is 2.16. The number of aliphatic hydroxyl groups is 1. The molecule has 0 aromatic heterocycles. The lowest BCUT2D eigenvalue weighted by Gasteiger charge is -2.21. The molecule has 1 unspecified atom stereocenters. The molecule has 0 aliphatic carbocycles. The molecule has 78 valence electrons. The van der Waals surface area contributed by atoms with E-state index in [1.807, 2.05) is 0 Å². The fourth-order valence-electron chi connectivity index (χ4n) is 1.91. The van der Waals surface area contributed by atoms with Gasteiger partial charge in [-0.25, -0.2) is 0 Å². The smallest absolute Gasteiger partial charge is 0.0462 e. The van der Waals surface area contributed by atoms with Gasteiger partial charge < -0.3 is 5.11 Å². The molecule has 0 heterocycles. The molecule has 0 fully saturated rings. The highest BCUT2D eigenvalue weighted by atomic mass is 16.3. The summed E-state index contributed by atoms with van der Waals surface area (Å²) >= 11 is 0. The van der Waals surface area contributed by atoms with Crippen LogP contribution in [0.5, 0.6) is 0 Å². The minimum absolute atomic E-state index is 0.270. The second kappa shape index (κ2) is 5.16. The van der Waals surface area contributed by atoms with E-state index in [1.54, 1.807) is 0 Å². The number of hydrogen-bond acceptors (Lipinski definition) is 1. The summed E-state index contributed by atoms with van der Waals surface area (Å²) in [6.45, 7) is 6.65. The van der Waals surface area contributed by atoms with Gasteiger partial charge in [-0.15, -0.1) is 0 Å². The Morgan fingerprint density at radius 2 is 1.79 bits per heavy atom. The molecule has 14 heavy (non-hydrogen) atoms. The van der Waals surface area contributed by atoms with Crippen molar-refractivity contribution in [1.29, 1.82) is 0 Å². The zero-order valence-corrected chi connectivity index (χ0v) is 9.33. The Labute approximate surface area is 86.8 Å². The molecule has 0 amide bonds. The van der Waals surface area contributed by atoms with Crippen molar-refractivity contribution in [2.24, 2.45) is 5.92 Å². The summed E-state index contributed by atoms with van der Waals surface area (Å²) in [5, 5.41) is 9.15. The fourth-order valence-corrected chi connectivity index (χ4v) is 1.91. The van der Waals surface area contributed by atoms with Crippen molar-refractivity contribution in [2.45, 2.75) is 33.1 Å². The van der Waals surface area contributed by atoms with E-state index in [9.17, 15) is 0 Å². The summed E-state index contributed by atoms with van der Waals surface area (Å²) in [7, 11) is 0. The molecular formula is C13H20O. The molecule has 0 aliphatic rings. The monoisotopic (exact) mass is 192 g/mol. The summed E-state index contributed by atoms with van der Waals surface area (Å²) in [5.74, 6) is 0.836. The first kappa shape index (κ1) is 11.3. The Hall–Kier alpha value is -0.820. The highest BCUT2D eigenvalue weighted by molar-refractivity contribution is 5.24. The van der Waals surface area contributed by atoms with Gasteiger partial charge in [-0.3, -0.25) is 0 Å². The predicted octanol–water partition coefficient (Wildman–Crippen LogP) is 3.12. The second-order valence-electron chi connectivity index (χ2n) is 4.09. The van der Waals surface area contributed by atoms with Gasteiger partial charge in [-0.05, 0) is 30.7 Å². The van der Waals surface area contributed by atoms with Gasteiger partial charge in [-0.2, -0.15) is 0 Å². The maximum Gasteiger partial charge on any atom is 0.0462 e. The van der Waals surface area contributed by atoms with Gasteiger partial charge in [0.25, 0.3) is 0 Å². The molecular weight excluding hydrogens is 172 g/mol. The molecule has 1 rings (SSSR count). The Morgan fingerprint density at radius 1 is 1.21 bits per heavy atom. The molecule has 1 nitrogen and oxygen atoms in total. The summed E-state index contributed by atoms with van der Waals surface area (Å²) in [6.07, 6.45) is 1.09. The average Bonchev–Trinajstić information content (AvgIpc) is 2.21. The van der Waals surface area contributed by atoms with E-state index in [1.165, 1.54) is 11.1 Å². The van der Waals surface area contributed by atoms with Gasteiger partial charge in [-0.1, -0.05) is 43.7 Å². The van der Waals surface area contributed by atoms with Crippen molar-refractivity contribution in [3.05, 3.63) is 35.4 Å². The van der Waals surface area contributed by atoms with Crippen molar-refractivity contribution in [1.82, 2.24) is 0 Å². The van der Waals surface area contributed by atoms with E-state index >= 15 is 0 Å². The van der Waals surface area contributed by atoms with Gasteiger partial charge in [0.05, 0.1) is 0 Å². The van der Waals surface area contributed by atoms with Crippen molar-refractivity contribution < 1.29 is 5.11 Å². The third kappa shape index (κ3) is 2.58. The number of aliphatic hydroxyl groups excluding tert-OH is 1. The number of aryl methyl sites for hydroxylation is 1. The molecule has 0 spiro atoms. The van der Waals surface area contributed by atoms with Crippen molar-refractivity contribution >= 4 is 0 Å². The number of rotatable bonds is 4. The summed E-state index contributed by atoms with van der Waals surface area (Å²) in [4.78, 5) is 0. The molecule has 1 aromatic carbocycles. The Balaban J connectivity index is 2.84. The van der Waals surface area contributed by atoms with Gasteiger partial charge in [0.15, 0.2) is 0 Å². The Bertz CT molecular complexity index is 263. The van der Waals surface area contributed by atoms with Crippen molar-refractivity contribution in [2.75, 3.05) is 6.61 Å². The predicted molar refractivity (Wildman–Crippen MR) is 60.5 cm³/mol. The van der Waals surface area contributed by atoms with Crippen LogP contribution in [0.1, 0.15) is 37.3 Å². The third-order valence-electron chi connectivity index (χ3n) is 2.92. The largest absolute Gasteiger partial charge is 0.396 e. The van der Waals surface area contributed by atoms with Crippen molar-refractivity contribution in [3.8, 4) is 0 Å². The molecule has 0 aliphatic heterocycles. The van der Waals surface area contributed by atoms with Gasteiger partial charge in [0, 0.05) is 6.61 Å². The SMILES string of the molecule is CCC(c1ccc(C)cc1)[C@H](C)CO. The first-order valence-corrected chi connectivity index (χ1v) is 5.36. The average molecular weight is 192 g/mol. The Morgan fingerprint density at radius 3 is 2.21 bits per heavy atom. The van der Waals surface area contributed by atoms with E-state index in [2.05, 4.69) is 45.0 Å². The standard InChI is InChI=1S/C13H20O/c1-4-13(11(3)9-14)12-7-5-10(2)6-8-12/h5-8,11,13-14H,4,9H2,1-3H3/t11-,13?/m1/s1. The van der Waals surface area contributed by atoms with Gasteiger partial charge in [0.1, 0.15) is 0 Å². The van der Waals surface area contributed by atoms with Crippen LogP contribution in [0.3, 0.4) is 0 Å². The molecule has 0 bridgehead atoms. The van der Waals surface area contributed by atoms with E-state index in [0.717, 1.165) is 6.42 Å². The molecule has 2 atom stereocenters. The van der Waals surface area contributed by atoms with Crippen LogP contribution in [-0.2, 0) is 0 Å². The molecule has 1 N–H and O–H groups in total. The van der Waals surface area contributed by atoms with Gasteiger partial charge in [0.2, 0.25) is 0 Å². The maximum atomic E-state index is 9.15. The van der Waals surface area contributed by atoms with Crippen LogP contribution >= 0.6 is 0 Å². The third-order valence-corrected chi connectivity index (χ3v) is 2.92. The number of benzene rings is 1. The van der Waals surface area contributed by atoms with Crippen LogP contribution in [0.2, 0.25) is 0 Å². The summed E-state index contributed by atoms with van der Waals surface area (Å²) < 4.78 is 0. The lowest BCUT2D eigenvalue weighted by atomic mass is 9.85. The molecule has 0 saturated heterocycles. The summed E-state index contributed by atoms with van der Waals surface area (Å²) in [5.41, 5.74) is 2.64. The van der Waals surface area contributed by atoms with Crippen LogP contribution in [0.15, 0.2) is 24.3 Å². The van der Waals surface area contributed by atoms with Crippen LogP contribution in [-0.4, -0.2) is 11.7 Å². The van der Waals surface area contributed by atoms with Crippen molar-refractivity contribution in [3.63, 3.8) is 0 Å². The van der Waals surface area contributed by atoms with Crippen LogP contribution in [0, 0.1) is 12.8 Å². The molecule has 1 heteroatoms. The van der Waals surface area contributed by atoms with Crippen LogP contribution < -0.4 is 0 Å². The van der Waals surface area contributed by atoms with Gasteiger partial charge >= 0.3 is 0 Å². The maximum absolute atomic E-state index is 9.15. The molecule has 0 saturated carbocycles. The lowest BCUT2D eigenvalue weighted by molar-refractivity contribution is 0.213. The minimum Gasteiger partial charge on any atom is -0.396 e. The highest BCUT2D eigenvalue weighted by Crippen LogP contribution is 2.27. The first-order valence-electron chi connectivity index (χ1n) is 5.36. The topological polar surface area (TPSA) is 20.2 Å². The van der Waals surface area contributed by atoms with E-state index < -0.39 is 0 Å². The first-order chi connectivity index (χ1) is 6.69. The van der Waals surface area contributed by atoms with Crippen LogP contribution in [0.25, 0.3) is 0 Å². The quantitative estimate of drug-likeness (QED) is 0.777. The zero-order valence-electron chi connectivity index (χ0n) is 9.33. The lowest BCUT2D eigenvalue weighted by Crippen LogP contribution is -2.12. The Kier molecular flexibility index (Phi) is 4.15. The number of hydrogen-bond donors (Lipinski definition) is 1. The second-order valence-corrected chi connectivity index (χ2v) is 4.09. The van der Waals surface area contributed by atoms with Crippen LogP contribution in [0.4, 0.5) is 0 Å². The van der Waals surface area contributed by atoms with E-state index in [4.69, 9.17) is 5.11 Å².